The van der Waals surface area contributed by atoms with Crippen LogP contribution in [0, 0.1) is 33.4 Å². The molecule has 0 radical (unpaired) electrons. The van der Waals surface area contributed by atoms with E-state index in [0.717, 1.165) is 105 Å². The Morgan fingerprint density at radius 1 is 0.871 bits per heavy atom. The number of nitrogens with one attached hydrogen (secondary N) is 5. The van der Waals surface area contributed by atoms with E-state index in [0.29, 0.717) is 22.8 Å². The summed E-state index contributed by atoms with van der Waals surface area (Å²) in [6.07, 6.45) is 10.4. The fraction of sp³-hybridized carbons (Fsp3) is 0.519. The SMILES string of the molecule is Cc1ncsc1-c1ccc(C(C)NC(=O)C2CC(O)CN2C(=O)C(NC(=O)CCCCCCCCCCCNCCCCONC(=O)c2ccc(F)c(F)c2Nc2ccc(I)cc2F)C(C)(C)C)cc1. The van der Waals surface area contributed by atoms with E-state index in [2.05, 4.69) is 31.7 Å². The van der Waals surface area contributed by atoms with Gasteiger partial charge in [0.15, 0.2) is 11.6 Å². The Morgan fingerprint density at radius 2 is 1.53 bits per heavy atom. The van der Waals surface area contributed by atoms with Gasteiger partial charge in [-0.3, -0.25) is 24.0 Å². The lowest BCUT2D eigenvalue weighted by Gasteiger charge is -2.35. The minimum absolute atomic E-state index is 0.0212. The van der Waals surface area contributed by atoms with E-state index in [4.69, 9.17) is 4.84 Å². The second kappa shape index (κ2) is 27.8. The number of unbranched alkanes of at least 4 members (excludes halogenated alkanes) is 9. The van der Waals surface area contributed by atoms with Crippen LogP contribution >= 0.6 is 33.9 Å². The number of carbonyl (C=O) groups excluding carboxylic acids is 4. The summed E-state index contributed by atoms with van der Waals surface area (Å²) in [6, 6.07) is 12.1. The zero-order valence-corrected chi connectivity index (χ0v) is 43.9. The van der Waals surface area contributed by atoms with Gasteiger partial charge in [0.25, 0.3) is 5.91 Å². The molecule has 382 valence electrons. The number of aliphatic hydroxyl groups is 1. The minimum Gasteiger partial charge on any atom is -0.391 e. The predicted molar refractivity (Wildman–Crippen MR) is 277 cm³/mol. The highest BCUT2D eigenvalue weighted by molar-refractivity contribution is 14.1. The summed E-state index contributed by atoms with van der Waals surface area (Å²) in [4.78, 5) is 65.7. The van der Waals surface area contributed by atoms with Crippen LogP contribution in [-0.4, -0.2) is 83.0 Å². The van der Waals surface area contributed by atoms with Crippen molar-refractivity contribution in [1.82, 2.24) is 31.3 Å². The van der Waals surface area contributed by atoms with E-state index in [1.807, 2.05) is 87.0 Å². The molecule has 1 saturated heterocycles. The van der Waals surface area contributed by atoms with E-state index < -0.39 is 52.6 Å². The number of aryl methyl sites for hydroxylation is 1. The van der Waals surface area contributed by atoms with Gasteiger partial charge in [-0.2, -0.15) is 0 Å². The van der Waals surface area contributed by atoms with Gasteiger partial charge in [0.05, 0.1) is 51.8 Å². The van der Waals surface area contributed by atoms with E-state index in [-0.39, 0.29) is 54.6 Å². The number of hydrogen-bond donors (Lipinski definition) is 6. The van der Waals surface area contributed by atoms with Crippen molar-refractivity contribution in [3.05, 3.63) is 98.0 Å². The highest BCUT2D eigenvalue weighted by Gasteiger charge is 2.44. The maximum absolute atomic E-state index is 14.7. The molecule has 6 N–H and O–H groups in total. The molecule has 4 atom stereocenters. The number of halogens is 4. The number of thiazole rings is 1. The molecule has 18 heteroatoms. The molecule has 1 aliphatic heterocycles. The molecule has 0 spiro atoms. The molecule has 1 aromatic heterocycles. The number of aliphatic hydroxyl groups excluding tert-OH is 1. The molecule has 4 unspecified atom stereocenters. The second-order valence-corrected chi connectivity index (χ2v) is 21.2. The largest absolute Gasteiger partial charge is 0.391 e. The van der Waals surface area contributed by atoms with Crippen molar-refractivity contribution in [1.29, 1.82) is 0 Å². The van der Waals surface area contributed by atoms with Crippen molar-refractivity contribution in [2.75, 3.05) is 31.6 Å². The highest BCUT2D eigenvalue weighted by Crippen LogP contribution is 2.31. The number of amides is 4. The first kappa shape index (κ1) is 56.3. The lowest BCUT2D eigenvalue weighted by atomic mass is 9.85. The van der Waals surface area contributed by atoms with Crippen LogP contribution in [0.4, 0.5) is 24.5 Å². The second-order valence-electron chi connectivity index (χ2n) is 19.1. The summed E-state index contributed by atoms with van der Waals surface area (Å²) in [5.41, 5.74) is 5.56. The van der Waals surface area contributed by atoms with Gasteiger partial charge in [-0.25, -0.2) is 23.6 Å². The Kier molecular flexibility index (Phi) is 22.4. The molecule has 13 nitrogen and oxygen atoms in total. The zero-order valence-electron chi connectivity index (χ0n) is 40.9. The summed E-state index contributed by atoms with van der Waals surface area (Å²) in [7, 11) is 0. The standard InChI is InChI=1S/C52H69F3IN7O6S/c1-33(35-18-20-36(21-19-35)47-34(2)58-32-70-47)59-50(67)43-30-38(64)31-63(43)51(68)48(52(3,4)5)61-44(65)17-13-11-9-7-6-8-10-12-14-26-57-27-15-16-28-69-62-49(66)39-23-24-40(53)45(55)46(39)60-42-25-22-37(56)29-41(42)54/h18-25,29,32-33,38,43,48,57,60,64H,6-17,26-28,30-31H2,1-5H3,(H,59,67)(H,61,65)(H,62,66). The first-order valence-electron chi connectivity index (χ1n) is 24.4. The molecule has 4 amide bonds. The van der Waals surface area contributed by atoms with E-state index in [1.165, 1.54) is 17.0 Å². The molecule has 4 aromatic rings. The van der Waals surface area contributed by atoms with E-state index in [9.17, 15) is 37.5 Å². The maximum atomic E-state index is 14.7. The van der Waals surface area contributed by atoms with Crippen molar-refractivity contribution in [2.24, 2.45) is 5.41 Å². The van der Waals surface area contributed by atoms with Crippen LogP contribution in [0.3, 0.4) is 0 Å². The number of hydrogen-bond acceptors (Lipinski definition) is 10. The number of aromatic nitrogens is 1. The summed E-state index contributed by atoms with van der Waals surface area (Å²) in [5, 5.41) is 22.6. The number of likely N-dealkylation sites (tertiary alicyclic amines) is 1. The van der Waals surface area contributed by atoms with Crippen LogP contribution in [0.2, 0.25) is 0 Å². The van der Waals surface area contributed by atoms with Gasteiger partial charge in [-0.05, 0) is 122 Å². The van der Waals surface area contributed by atoms with Crippen LogP contribution in [-0.2, 0) is 19.2 Å². The van der Waals surface area contributed by atoms with Crippen molar-refractivity contribution < 1.29 is 42.3 Å². The van der Waals surface area contributed by atoms with Gasteiger partial charge in [0.2, 0.25) is 17.7 Å². The van der Waals surface area contributed by atoms with Crippen molar-refractivity contribution >= 4 is 68.9 Å². The van der Waals surface area contributed by atoms with Gasteiger partial charge in [0.1, 0.15) is 17.9 Å². The van der Waals surface area contributed by atoms with Crippen LogP contribution in [0.25, 0.3) is 10.4 Å². The molecule has 70 heavy (non-hydrogen) atoms. The highest BCUT2D eigenvalue weighted by atomic mass is 127. The molecule has 1 aliphatic rings. The molecule has 1 fully saturated rings. The molecule has 3 aromatic carbocycles. The summed E-state index contributed by atoms with van der Waals surface area (Å²) in [6.45, 7) is 11.5. The van der Waals surface area contributed by atoms with Crippen LogP contribution in [0.15, 0.2) is 60.1 Å². The topological polar surface area (TPSA) is 174 Å². The Balaban J connectivity index is 0.885. The lowest BCUT2D eigenvalue weighted by Crippen LogP contribution is -2.57. The minimum atomic E-state index is -1.31. The van der Waals surface area contributed by atoms with E-state index in [1.54, 1.807) is 17.4 Å². The van der Waals surface area contributed by atoms with Gasteiger partial charge < -0.3 is 31.3 Å². The number of β-amino-alcohol motifs (C(OH)–C–C–N with tert-alkyl or cyclic N) is 1. The molecular weight excluding hydrogens is 1030 g/mol. The van der Waals surface area contributed by atoms with E-state index >= 15 is 0 Å². The fourth-order valence-corrected chi connectivity index (χ4v) is 9.59. The van der Waals surface area contributed by atoms with Crippen molar-refractivity contribution in [3.8, 4) is 10.4 Å². The zero-order chi connectivity index (χ0) is 50.8. The number of rotatable bonds is 27. The average molecular weight is 1100 g/mol. The number of hydroxylamine groups is 1. The maximum Gasteiger partial charge on any atom is 0.277 e. The summed E-state index contributed by atoms with van der Waals surface area (Å²) >= 11 is 3.51. The molecule has 5 rings (SSSR count). The number of anilines is 2. The smallest absolute Gasteiger partial charge is 0.277 e. The van der Waals surface area contributed by atoms with Crippen LogP contribution < -0.4 is 26.7 Å². The predicted octanol–water partition coefficient (Wildman–Crippen LogP) is 10.2. The summed E-state index contributed by atoms with van der Waals surface area (Å²) < 4.78 is 43.7. The normalized spacial score (nSPS) is 15.7. The Hall–Kier alpha value is -4.63. The Morgan fingerprint density at radius 3 is 2.17 bits per heavy atom. The third-order valence-corrected chi connectivity index (χ3v) is 14.0. The van der Waals surface area contributed by atoms with Crippen molar-refractivity contribution in [3.63, 3.8) is 0 Å². The molecule has 2 heterocycles. The molecule has 0 saturated carbocycles. The quantitative estimate of drug-likeness (QED) is 0.0193. The molecule has 0 bridgehead atoms. The van der Waals surface area contributed by atoms with Gasteiger partial charge in [-0.1, -0.05) is 90.0 Å². The third kappa shape index (κ3) is 17.0. The molecular formula is C52H69F3IN7O6S. The van der Waals surface area contributed by atoms with Gasteiger partial charge in [-0.15, -0.1) is 11.3 Å². The monoisotopic (exact) mass is 1100 g/mol. The number of carbonyl (C=O) groups is 4. The fourth-order valence-electron chi connectivity index (χ4n) is 8.33. The first-order valence-corrected chi connectivity index (χ1v) is 26.3. The Bertz CT molecular complexity index is 2350. The number of nitrogens with zero attached hydrogens (tertiary/aromatic N) is 2. The molecule has 0 aliphatic carbocycles. The lowest BCUT2D eigenvalue weighted by molar-refractivity contribution is -0.144. The van der Waals surface area contributed by atoms with Crippen LogP contribution in [0.1, 0.15) is 139 Å². The summed E-state index contributed by atoms with van der Waals surface area (Å²) in [5.74, 6) is -4.86. The third-order valence-electron chi connectivity index (χ3n) is 12.4. The van der Waals surface area contributed by atoms with Crippen LogP contribution in [0.5, 0.6) is 0 Å². The van der Waals surface area contributed by atoms with Gasteiger partial charge >= 0.3 is 0 Å². The Labute approximate surface area is 428 Å². The number of benzene rings is 3. The first-order chi connectivity index (χ1) is 33.4. The van der Waals surface area contributed by atoms with Crippen molar-refractivity contribution in [2.45, 2.75) is 142 Å². The average Bonchev–Trinajstić information content (AvgIpc) is 3.94. The van der Waals surface area contributed by atoms with Gasteiger partial charge in [0, 0.05) is 23.0 Å².